The van der Waals surface area contributed by atoms with E-state index in [0.717, 1.165) is 34.7 Å². The smallest absolute Gasteiger partial charge is 0.286 e. The number of nitrogens with zero attached hydrogens (tertiary/aromatic N) is 1. The summed E-state index contributed by atoms with van der Waals surface area (Å²) in [5.41, 5.74) is 2.10. The fourth-order valence-corrected chi connectivity index (χ4v) is 2.88. The van der Waals surface area contributed by atoms with Gasteiger partial charge in [-0.3, -0.25) is 4.79 Å². The van der Waals surface area contributed by atoms with Gasteiger partial charge in [0.1, 0.15) is 0 Å². The standard InChI is InChI=1S/C15H23NO2/c1-11-10-14(16(18)15(17)12(11)2)9-8-13-6-4-3-5-7-13/h10,13,18H,3-9H2,1-2H3. The van der Waals surface area contributed by atoms with Crippen molar-refractivity contribution in [2.24, 2.45) is 5.92 Å². The highest BCUT2D eigenvalue weighted by atomic mass is 16.5. The zero-order valence-corrected chi connectivity index (χ0v) is 11.4. The Balaban J connectivity index is 2.07. The second kappa shape index (κ2) is 5.59. The molecule has 18 heavy (non-hydrogen) atoms. The van der Waals surface area contributed by atoms with Crippen LogP contribution in [0.25, 0.3) is 0 Å². The maximum absolute atomic E-state index is 11.8. The molecular weight excluding hydrogens is 226 g/mol. The molecule has 1 fully saturated rings. The number of rotatable bonds is 3. The van der Waals surface area contributed by atoms with Gasteiger partial charge in [-0.25, -0.2) is 0 Å². The zero-order chi connectivity index (χ0) is 13.1. The highest BCUT2D eigenvalue weighted by Gasteiger charge is 2.15. The Kier molecular flexibility index (Phi) is 4.10. The summed E-state index contributed by atoms with van der Waals surface area (Å²) in [6.07, 6.45) is 8.54. The van der Waals surface area contributed by atoms with Gasteiger partial charge in [-0.2, -0.15) is 4.73 Å². The van der Waals surface area contributed by atoms with Gasteiger partial charge in [0.15, 0.2) is 0 Å². The first-order valence-corrected chi connectivity index (χ1v) is 7.01. The van der Waals surface area contributed by atoms with Crippen LogP contribution in [0.4, 0.5) is 0 Å². The summed E-state index contributed by atoms with van der Waals surface area (Å²) in [6.45, 7) is 3.69. The minimum Gasteiger partial charge on any atom is -0.425 e. The zero-order valence-electron chi connectivity index (χ0n) is 11.4. The number of hydrogen-bond donors (Lipinski definition) is 1. The Labute approximate surface area is 108 Å². The molecule has 0 amide bonds. The quantitative estimate of drug-likeness (QED) is 0.836. The van der Waals surface area contributed by atoms with Crippen LogP contribution in [0, 0.1) is 19.8 Å². The van der Waals surface area contributed by atoms with E-state index >= 15 is 0 Å². The molecule has 0 radical (unpaired) electrons. The van der Waals surface area contributed by atoms with E-state index in [4.69, 9.17) is 0 Å². The molecule has 1 aromatic rings. The molecule has 3 nitrogen and oxygen atoms in total. The van der Waals surface area contributed by atoms with Gasteiger partial charge in [0.25, 0.3) is 5.56 Å². The molecule has 1 heterocycles. The molecule has 1 aliphatic carbocycles. The predicted molar refractivity (Wildman–Crippen MR) is 72.3 cm³/mol. The molecule has 1 aromatic heterocycles. The lowest BCUT2D eigenvalue weighted by Crippen LogP contribution is -2.25. The van der Waals surface area contributed by atoms with Crippen LogP contribution in [0.2, 0.25) is 0 Å². The predicted octanol–water partition coefficient (Wildman–Crippen LogP) is 3.22. The highest BCUT2D eigenvalue weighted by molar-refractivity contribution is 5.24. The summed E-state index contributed by atoms with van der Waals surface area (Å²) in [7, 11) is 0. The number of aryl methyl sites for hydroxylation is 2. The van der Waals surface area contributed by atoms with Gasteiger partial charge in [0.2, 0.25) is 0 Å². The van der Waals surface area contributed by atoms with Crippen LogP contribution >= 0.6 is 0 Å². The van der Waals surface area contributed by atoms with E-state index in [1.165, 1.54) is 32.1 Å². The molecule has 0 atom stereocenters. The Hall–Kier alpha value is -1.25. The minimum absolute atomic E-state index is 0.270. The summed E-state index contributed by atoms with van der Waals surface area (Å²) in [5.74, 6) is 0.774. The van der Waals surface area contributed by atoms with E-state index in [0.29, 0.717) is 5.56 Å². The third kappa shape index (κ3) is 2.77. The van der Waals surface area contributed by atoms with Crippen LogP contribution in [-0.4, -0.2) is 9.94 Å². The average molecular weight is 249 g/mol. The third-order valence-corrected chi connectivity index (χ3v) is 4.29. The molecule has 3 heteroatoms. The van der Waals surface area contributed by atoms with E-state index < -0.39 is 0 Å². The van der Waals surface area contributed by atoms with Gasteiger partial charge >= 0.3 is 0 Å². The molecule has 0 bridgehead atoms. The monoisotopic (exact) mass is 249 g/mol. The van der Waals surface area contributed by atoms with Crippen molar-refractivity contribution in [3.05, 3.63) is 33.2 Å². The van der Waals surface area contributed by atoms with Crippen molar-refractivity contribution in [1.82, 2.24) is 4.73 Å². The maximum Gasteiger partial charge on any atom is 0.286 e. The van der Waals surface area contributed by atoms with Gasteiger partial charge in [0, 0.05) is 5.56 Å². The molecule has 1 aliphatic rings. The van der Waals surface area contributed by atoms with Crippen LogP contribution in [0.1, 0.15) is 55.3 Å². The number of hydrogen-bond acceptors (Lipinski definition) is 2. The fraction of sp³-hybridized carbons (Fsp3) is 0.667. The Bertz CT molecular complexity index is 470. The molecule has 0 unspecified atom stereocenters. The van der Waals surface area contributed by atoms with E-state index in [1.54, 1.807) is 6.92 Å². The molecule has 1 saturated carbocycles. The van der Waals surface area contributed by atoms with Crippen molar-refractivity contribution in [1.29, 1.82) is 0 Å². The molecule has 0 spiro atoms. The summed E-state index contributed by atoms with van der Waals surface area (Å²) < 4.78 is 0.838. The van der Waals surface area contributed by atoms with E-state index in [9.17, 15) is 10.0 Å². The van der Waals surface area contributed by atoms with Crippen LogP contribution in [0.15, 0.2) is 10.9 Å². The van der Waals surface area contributed by atoms with Crippen LogP contribution in [-0.2, 0) is 6.42 Å². The fourth-order valence-electron chi connectivity index (χ4n) is 2.88. The topological polar surface area (TPSA) is 42.2 Å². The first-order valence-electron chi connectivity index (χ1n) is 7.01. The van der Waals surface area contributed by atoms with Crippen molar-refractivity contribution in [3.8, 4) is 0 Å². The van der Waals surface area contributed by atoms with Gasteiger partial charge < -0.3 is 5.21 Å². The molecule has 1 N–H and O–H groups in total. The molecule has 2 rings (SSSR count). The van der Waals surface area contributed by atoms with Crippen molar-refractivity contribution in [2.45, 2.75) is 58.8 Å². The third-order valence-electron chi connectivity index (χ3n) is 4.29. The SMILES string of the molecule is Cc1cc(CCC2CCCCC2)n(O)c(=O)c1C. The minimum atomic E-state index is -0.270. The second-order valence-electron chi connectivity index (χ2n) is 5.60. The summed E-state index contributed by atoms with van der Waals surface area (Å²) in [6, 6.07) is 1.94. The summed E-state index contributed by atoms with van der Waals surface area (Å²) >= 11 is 0. The highest BCUT2D eigenvalue weighted by Crippen LogP contribution is 2.27. The maximum atomic E-state index is 11.8. The van der Waals surface area contributed by atoms with Crippen LogP contribution in [0.5, 0.6) is 0 Å². The first-order chi connectivity index (χ1) is 8.59. The first kappa shape index (κ1) is 13.2. The Morgan fingerprint density at radius 1 is 1.28 bits per heavy atom. The molecule has 100 valence electrons. The Morgan fingerprint density at radius 2 is 1.94 bits per heavy atom. The lowest BCUT2D eigenvalue weighted by molar-refractivity contribution is 0.162. The van der Waals surface area contributed by atoms with Crippen molar-refractivity contribution < 1.29 is 5.21 Å². The van der Waals surface area contributed by atoms with Gasteiger partial charge in [-0.1, -0.05) is 32.1 Å². The largest absolute Gasteiger partial charge is 0.425 e. The lowest BCUT2D eigenvalue weighted by atomic mass is 9.85. The van der Waals surface area contributed by atoms with Gasteiger partial charge in [-0.15, -0.1) is 0 Å². The molecule has 0 aliphatic heterocycles. The average Bonchev–Trinajstić information content (AvgIpc) is 2.40. The van der Waals surface area contributed by atoms with Crippen molar-refractivity contribution >= 4 is 0 Å². The van der Waals surface area contributed by atoms with E-state index in [2.05, 4.69) is 0 Å². The van der Waals surface area contributed by atoms with Crippen LogP contribution in [0.3, 0.4) is 0 Å². The second-order valence-corrected chi connectivity index (χ2v) is 5.60. The lowest BCUT2D eigenvalue weighted by Gasteiger charge is -2.21. The van der Waals surface area contributed by atoms with Crippen LogP contribution < -0.4 is 5.56 Å². The Morgan fingerprint density at radius 3 is 2.61 bits per heavy atom. The van der Waals surface area contributed by atoms with Gasteiger partial charge in [-0.05, 0) is 44.2 Å². The molecule has 0 aromatic carbocycles. The number of aromatic nitrogens is 1. The van der Waals surface area contributed by atoms with E-state index in [1.807, 2.05) is 13.0 Å². The summed E-state index contributed by atoms with van der Waals surface area (Å²) in [5, 5.41) is 9.84. The molecule has 0 saturated heterocycles. The van der Waals surface area contributed by atoms with Crippen molar-refractivity contribution in [2.75, 3.05) is 0 Å². The summed E-state index contributed by atoms with van der Waals surface area (Å²) in [4.78, 5) is 11.8. The normalized spacial score (nSPS) is 17.0. The van der Waals surface area contributed by atoms with Crippen molar-refractivity contribution in [3.63, 3.8) is 0 Å². The molecular formula is C15H23NO2. The van der Waals surface area contributed by atoms with Gasteiger partial charge in [0.05, 0.1) is 5.69 Å². The van der Waals surface area contributed by atoms with E-state index in [-0.39, 0.29) is 5.56 Å². The number of pyridine rings is 1.